The average Bonchev–Trinajstić information content (AvgIpc) is 3.10. The smallest absolute Gasteiger partial charge is 0.319 e. The van der Waals surface area contributed by atoms with Crippen LogP contribution in [0.2, 0.25) is 5.02 Å². The fourth-order valence-corrected chi connectivity index (χ4v) is 4.04. The Labute approximate surface area is 187 Å². The van der Waals surface area contributed by atoms with Crippen molar-refractivity contribution in [3.63, 3.8) is 0 Å². The second-order valence-electron chi connectivity index (χ2n) is 7.82. The predicted molar refractivity (Wildman–Crippen MR) is 125 cm³/mol. The number of benzene rings is 3. The zero-order valence-corrected chi connectivity index (χ0v) is 18.2. The van der Waals surface area contributed by atoms with Crippen LogP contribution in [0.5, 0.6) is 0 Å². The van der Waals surface area contributed by atoms with E-state index in [0.717, 1.165) is 28.8 Å². The van der Waals surface area contributed by atoms with Crippen molar-refractivity contribution in [2.75, 3.05) is 10.2 Å². The quantitative estimate of drug-likeness (QED) is 0.565. The maximum Gasteiger partial charge on any atom is 0.319 e. The molecule has 6 heteroatoms. The summed E-state index contributed by atoms with van der Waals surface area (Å²) in [7, 11) is 0. The van der Waals surface area contributed by atoms with E-state index in [1.807, 2.05) is 66.4 Å². The van der Waals surface area contributed by atoms with Crippen LogP contribution in [-0.2, 0) is 13.0 Å². The van der Waals surface area contributed by atoms with Gasteiger partial charge in [-0.15, -0.1) is 0 Å². The van der Waals surface area contributed by atoms with E-state index < -0.39 is 0 Å². The number of aryl methyl sites for hydroxylation is 1. The summed E-state index contributed by atoms with van der Waals surface area (Å²) in [6, 6.07) is 20.5. The molecule has 1 aliphatic rings. The first-order chi connectivity index (χ1) is 14.9. The van der Waals surface area contributed by atoms with Crippen molar-refractivity contribution in [3.8, 4) is 0 Å². The number of hydrogen-bond donors (Lipinski definition) is 2. The molecule has 158 valence electrons. The predicted octanol–water partition coefficient (Wildman–Crippen LogP) is 5.56. The summed E-state index contributed by atoms with van der Waals surface area (Å²) in [5.74, 6) is -0.00821. The van der Waals surface area contributed by atoms with Crippen molar-refractivity contribution in [3.05, 3.63) is 94.0 Å². The van der Waals surface area contributed by atoms with Gasteiger partial charge >= 0.3 is 6.03 Å². The van der Waals surface area contributed by atoms with Gasteiger partial charge in [0.15, 0.2) is 0 Å². The van der Waals surface area contributed by atoms with Crippen LogP contribution < -0.4 is 15.5 Å². The van der Waals surface area contributed by atoms with Crippen molar-refractivity contribution in [1.82, 2.24) is 5.32 Å². The third-order valence-corrected chi connectivity index (χ3v) is 5.74. The molecule has 0 saturated heterocycles. The molecule has 3 aromatic rings. The molecule has 0 spiro atoms. The zero-order chi connectivity index (χ0) is 22.0. The van der Waals surface area contributed by atoms with Crippen molar-refractivity contribution >= 4 is 34.9 Å². The number of urea groups is 1. The Morgan fingerprint density at radius 1 is 1.06 bits per heavy atom. The Kier molecular flexibility index (Phi) is 5.96. The number of anilines is 2. The summed E-state index contributed by atoms with van der Waals surface area (Å²) in [5, 5.41) is 6.27. The fraction of sp³-hybridized carbons (Fsp3) is 0.200. The topological polar surface area (TPSA) is 61.4 Å². The Bertz CT molecular complexity index is 1130. The lowest BCUT2D eigenvalue weighted by atomic mass is 10.1. The van der Waals surface area contributed by atoms with E-state index in [1.54, 1.807) is 12.1 Å². The van der Waals surface area contributed by atoms with Crippen LogP contribution in [0.4, 0.5) is 16.2 Å². The molecule has 5 nitrogen and oxygen atoms in total. The van der Waals surface area contributed by atoms with Crippen LogP contribution in [0.25, 0.3) is 0 Å². The SMILES string of the molecule is Cc1ccc(Cl)cc1NC(=O)NCc1ccc2c(c1)N(C(=O)c1ccccc1)C(C)C2. The third-order valence-electron chi connectivity index (χ3n) is 5.51. The summed E-state index contributed by atoms with van der Waals surface area (Å²) in [4.78, 5) is 27.3. The number of hydrogen-bond acceptors (Lipinski definition) is 2. The van der Waals surface area contributed by atoms with Crippen molar-refractivity contribution in [2.45, 2.75) is 32.9 Å². The van der Waals surface area contributed by atoms with Crippen molar-refractivity contribution in [1.29, 1.82) is 0 Å². The van der Waals surface area contributed by atoms with E-state index in [1.165, 1.54) is 0 Å². The van der Waals surface area contributed by atoms with E-state index in [2.05, 4.69) is 17.6 Å². The van der Waals surface area contributed by atoms with Gasteiger partial charge in [-0.2, -0.15) is 0 Å². The molecule has 2 N–H and O–H groups in total. The molecule has 3 amide bonds. The lowest BCUT2D eigenvalue weighted by Crippen LogP contribution is -2.35. The minimum Gasteiger partial charge on any atom is -0.334 e. The molecule has 0 fully saturated rings. The van der Waals surface area contributed by atoms with Gasteiger partial charge in [0.05, 0.1) is 0 Å². The lowest BCUT2D eigenvalue weighted by Gasteiger charge is -2.23. The van der Waals surface area contributed by atoms with E-state index in [4.69, 9.17) is 11.6 Å². The average molecular weight is 434 g/mol. The summed E-state index contributed by atoms with van der Waals surface area (Å²) < 4.78 is 0. The van der Waals surface area contributed by atoms with Crippen LogP contribution in [-0.4, -0.2) is 18.0 Å². The molecule has 3 aromatic carbocycles. The second-order valence-corrected chi connectivity index (χ2v) is 8.26. The van der Waals surface area contributed by atoms with E-state index in [9.17, 15) is 9.59 Å². The van der Waals surface area contributed by atoms with Crippen LogP contribution >= 0.6 is 11.6 Å². The molecule has 31 heavy (non-hydrogen) atoms. The molecule has 1 unspecified atom stereocenters. The normalized spacial score (nSPS) is 14.8. The molecule has 0 saturated carbocycles. The van der Waals surface area contributed by atoms with Gasteiger partial charge in [0.25, 0.3) is 5.91 Å². The Morgan fingerprint density at radius 2 is 1.84 bits per heavy atom. The minimum absolute atomic E-state index is 0.00821. The van der Waals surface area contributed by atoms with Gasteiger partial charge in [0.1, 0.15) is 0 Å². The van der Waals surface area contributed by atoms with E-state index in [0.29, 0.717) is 22.8 Å². The summed E-state index contributed by atoms with van der Waals surface area (Å²) >= 11 is 6.02. The zero-order valence-electron chi connectivity index (χ0n) is 17.5. The third kappa shape index (κ3) is 4.57. The van der Waals surface area contributed by atoms with E-state index >= 15 is 0 Å². The number of rotatable bonds is 4. The molecule has 0 radical (unpaired) electrons. The number of halogens is 1. The molecule has 1 heterocycles. The highest BCUT2D eigenvalue weighted by atomic mass is 35.5. The molecule has 0 bridgehead atoms. The molecular formula is C25H24ClN3O2. The lowest BCUT2D eigenvalue weighted by molar-refractivity contribution is 0.0981. The van der Waals surface area contributed by atoms with Crippen LogP contribution in [0.3, 0.4) is 0 Å². The number of carbonyl (C=O) groups is 2. The van der Waals surface area contributed by atoms with Gasteiger partial charge in [0.2, 0.25) is 0 Å². The van der Waals surface area contributed by atoms with Crippen molar-refractivity contribution < 1.29 is 9.59 Å². The monoisotopic (exact) mass is 433 g/mol. The number of nitrogens with zero attached hydrogens (tertiary/aromatic N) is 1. The van der Waals surface area contributed by atoms with Gasteiger partial charge in [0, 0.05) is 34.5 Å². The Balaban J connectivity index is 1.47. The molecule has 1 atom stereocenters. The standard InChI is InChI=1S/C25H24ClN3O2/c1-16-8-11-21(26)14-22(16)28-25(31)27-15-18-9-10-20-12-17(2)29(23(20)13-18)24(30)19-6-4-3-5-7-19/h3-11,13-14,17H,12,15H2,1-2H3,(H2,27,28,31). The number of carbonyl (C=O) groups excluding carboxylic acids is 2. The maximum absolute atomic E-state index is 13.1. The van der Waals surface area contributed by atoms with Gasteiger partial charge in [-0.05, 0) is 67.3 Å². The van der Waals surface area contributed by atoms with Gasteiger partial charge in [-0.1, -0.05) is 48.0 Å². The van der Waals surface area contributed by atoms with E-state index in [-0.39, 0.29) is 18.0 Å². The first kappa shape index (κ1) is 20.9. The molecule has 0 aliphatic carbocycles. The maximum atomic E-state index is 13.1. The molecule has 0 aromatic heterocycles. The summed E-state index contributed by atoms with van der Waals surface area (Å²) in [6.45, 7) is 4.31. The van der Waals surface area contributed by atoms with Crippen LogP contribution in [0.15, 0.2) is 66.7 Å². The Morgan fingerprint density at radius 3 is 2.61 bits per heavy atom. The van der Waals surface area contributed by atoms with Crippen LogP contribution in [0.1, 0.15) is 34.0 Å². The number of nitrogens with one attached hydrogen (secondary N) is 2. The highest BCUT2D eigenvalue weighted by Crippen LogP contribution is 2.34. The minimum atomic E-state index is -0.309. The molecular weight excluding hydrogens is 410 g/mol. The first-order valence-electron chi connectivity index (χ1n) is 10.2. The molecule has 1 aliphatic heterocycles. The first-order valence-corrected chi connectivity index (χ1v) is 10.6. The van der Waals surface area contributed by atoms with Crippen molar-refractivity contribution in [2.24, 2.45) is 0 Å². The highest BCUT2D eigenvalue weighted by molar-refractivity contribution is 6.31. The highest BCUT2D eigenvalue weighted by Gasteiger charge is 2.31. The van der Waals surface area contributed by atoms with Gasteiger partial charge < -0.3 is 15.5 Å². The largest absolute Gasteiger partial charge is 0.334 e. The van der Waals surface area contributed by atoms with Gasteiger partial charge in [-0.3, -0.25) is 4.79 Å². The Hall–Kier alpha value is -3.31. The summed E-state index contributed by atoms with van der Waals surface area (Å²) in [5.41, 5.74) is 5.25. The number of fused-ring (bicyclic) bond motifs is 1. The molecule has 4 rings (SSSR count). The fourth-order valence-electron chi connectivity index (χ4n) is 3.87. The second kappa shape index (κ2) is 8.82. The number of amides is 3. The van der Waals surface area contributed by atoms with Gasteiger partial charge in [-0.25, -0.2) is 4.79 Å². The van der Waals surface area contributed by atoms with Crippen LogP contribution in [0, 0.1) is 6.92 Å². The summed E-state index contributed by atoms with van der Waals surface area (Å²) in [6.07, 6.45) is 0.816.